The van der Waals surface area contributed by atoms with Gasteiger partial charge in [0.25, 0.3) is 11.1 Å². The van der Waals surface area contributed by atoms with E-state index in [1.165, 1.54) is 0 Å². The van der Waals surface area contributed by atoms with Crippen LogP contribution in [0.25, 0.3) is 44.8 Å². The summed E-state index contributed by atoms with van der Waals surface area (Å²) in [6.45, 7) is 5.86. The van der Waals surface area contributed by atoms with Gasteiger partial charge in [-0.1, -0.05) is 17.7 Å². The third-order valence-corrected chi connectivity index (χ3v) is 7.77. The van der Waals surface area contributed by atoms with Crippen LogP contribution in [-0.4, -0.2) is 36.2 Å². The van der Waals surface area contributed by atoms with E-state index in [4.69, 9.17) is 16.3 Å². The lowest BCUT2D eigenvalue weighted by Gasteiger charge is -2.15. The third-order valence-electron chi connectivity index (χ3n) is 7.53. The van der Waals surface area contributed by atoms with Crippen molar-refractivity contribution in [3.63, 3.8) is 0 Å². The number of pyridine rings is 2. The van der Waals surface area contributed by atoms with E-state index in [9.17, 15) is 9.59 Å². The maximum Gasteiger partial charge on any atom is 0.278 e. The molecule has 0 bridgehead atoms. The number of hydrogen-bond acceptors (Lipinski definition) is 7. The monoisotopic (exact) mass is 606 g/mol. The highest BCUT2D eigenvalue weighted by Crippen LogP contribution is 2.35. The molecule has 0 radical (unpaired) electrons. The van der Waals surface area contributed by atoms with Crippen LogP contribution in [0.3, 0.4) is 0 Å². The van der Waals surface area contributed by atoms with E-state index in [2.05, 4.69) is 19.9 Å². The predicted octanol–water partition coefficient (Wildman–Crippen LogP) is 6.80. The molecular weight excluding hydrogens is 576 g/mol. The van der Waals surface area contributed by atoms with Crippen LogP contribution in [0.15, 0.2) is 88.7 Å². The zero-order valence-corrected chi connectivity index (χ0v) is 25.6. The smallest absolute Gasteiger partial charge is 0.278 e. The van der Waals surface area contributed by atoms with Gasteiger partial charge in [0.1, 0.15) is 28.2 Å². The van der Waals surface area contributed by atoms with Gasteiger partial charge in [0.15, 0.2) is 11.3 Å². The zero-order chi connectivity index (χ0) is 31.0. The summed E-state index contributed by atoms with van der Waals surface area (Å²) >= 11 is 6.01. The summed E-state index contributed by atoms with van der Waals surface area (Å²) < 4.78 is 8.64. The number of methoxy groups -OCH3 is 1. The van der Waals surface area contributed by atoms with Crippen LogP contribution in [0, 0.1) is 6.92 Å². The topological polar surface area (TPSA) is 105 Å². The minimum Gasteiger partial charge on any atom is -0.497 e. The second-order valence-corrected chi connectivity index (χ2v) is 11.4. The normalized spacial score (nSPS) is 12.8. The number of halogens is 1. The number of fused-ring (bicyclic) bond motifs is 2. The Morgan fingerprint density at radius 3 is 2.09 bits per heavy atom. The summed E-state index contributed by atoms with van der Waals surface area (Å²) in [6, 6.07) is 20.5. The molecule has 7 rings (SSSR count). The molecule has 9 nitrogen and oxygen atoms in total. The number of benzene rings is 2. The van der Waals surface area contributed by atoms with Gasteiger partial charge in [-0.2, -0.15) is 0 Å². The molecule has 0 unspecified atom stereocenters. The van der Waals surface area contributed by atoms with E-state index < -0.39 is 0 Å². The van der Waals surface area contributed by atoms with Gasteiger partial charge < -0.3 is 4.74 Å². The molecule has 1 saturated carbocycles. The van der Waals surface area contributed by atoms with Crippen molar-refractivity contribution in [2.75, 3.05) is 7.11 Å². The molecule has 1 aliphatic rings. The van der Waals surface area contributed by atoms with Gasteiger partial charge >= 0.3 is 0 Å². The first kappa shape index (κ1) is 29.2. The molecule has 2 aromatic carbocycles. The second kappa shape index (κ2) is 12.0. The molecule has 0 saturated heterocycles. The van der Waals surface area contributed by atoms with Crippen molar-refractivity contribution in [3.8, 4) is 28.3 Å². The van der Waals surface area contributed by atoms with Gasteiger partial charge in [0, 0.05) is 40.6 Å². The predicted molar refractivity (Wildman–Crippen MR) is 173 cm³/mol. The number of aryl methyl sites for hydroxylation is 1. The van der Waals surface area contributed by atoms with E-state index in [0.717, 1.165) is 40.8 Å². The number of hydrogen-bond donors (Lipinski definition) is 0. The first-order valence-electron chi connectivity index (χ1n) is 14.4. The Kier molecular flexibility index (Phi) is 7.97. The van der Waals surface area contributed by atoms with Gasteiger partial charge in [-0.25, -0.2) is 19.9 Å². The number of aromatic nitrogens is 6. The molecule has 1 fully saturated rings. The molecule has 0 N–H and O–H groups in total. The fourth-order valence-electron chi connectivity index (χ4n) is 5.24. The van der Waals surface area contributed by atoms with Crippen LogP contribution < -0.4 is 15.9 Å². The van der Waals surface area contributed by atoms with E-state index >= 15 is 0 Å². The Morgan fingerprint density at radius 2 is 1.48 bits per heavy atom. The number of nitrogens with zero attached hydrogens (tertiary/aromatic N) is 6. The van der Waals surface area contributed by atoms with E-state index in [0.29, 0.717) is 33.2 Å². The average Bonchev–Trinajstić information content (AvgIpc) is 3.86. The average molecular weight is 607 g/mol. The van der Waals surface area contributed by atoms with Crippen LogP contribution in [-0.2, 0) is 0 Å². The summed E-state index contributed by atoms with van der Waals surface area (Å²) in [6.07, 6.45) is 5.43. The van der Waals surface area contributed by atoms with Gasteiger partial charge in [0.2, 0.25) is 0 Å². The molecule has 4 heterocycles. The van der Waals surface area contributed by atoms with E-state index in [1.807, 2.05) is 81.4 Å². The fraction of sp³-hybridized carbons (Fsp3) is 0.235. The van der Waals surface area contributed by atoms with Crippen molar-refractivity contribution < 1.29 is 4.74 Å². The Labute approximate surface area is 258 Å². The largest absolute Gasteiger partial charge is 0.497 e. The van der Waals surface area contributed by atoms with Gasteiger partial charge in [0.05, 0.1) is 7.11 Å². The highest BCUT2D eigenvalue weighted by molar-refractivity contribution is 6.30. The van der Waals surface area contributed by atoms with Crippen molar-refractivity contribution in [3.05, 3.63) is 110 Å². The Bertz CT molecular complexity index is 2120. The van der Waals surface area contributed by atoms with Crippen LogP contribution in [0.1, 0.15) is 44.3 Å². The lowest BCUT2D eigenvalue weighted by atomic mass is 10.1. The first-order valence-corrected chi connectivity index (χ1v) is 14.8. The minimum atomic E-state index is -0.133. The summed E-state index contributed by atoms with van der Waals surface area (Å²) in [7, 11) is 1.62. The maximum absolute atomic E-state index is 12.9. The number of ether oxygens (including phenoxy) is 1. The molecule has 10 heteroatoms. The van der Waals surface area contributed by atoms with Crippen molar-refractivity contribution in [1.29, 1.82) is 0 Å². The maximum atomic E-state index is 12.9. The van der Waals surface area contributed by atoms with E-state index in [1.54, 1.807) is 34.7 Å². The quantitative estimate of drug-likeness (QED) is 0.212. The molecular formula is C34H31ClN6O3. The molecule has 222 valence electrons. The van der Waals surface area contributed by atoms with Crippen LogP contribution in [0.2, 0.25) is 5.02 Å². The summed E-state index contributed by atoms with van der Waals surface area (Å²) in [5, 5.41) is 0.646. The summed E-state index contributed by atoms with van der Waals surface area (Å²) in [5.41, 5.74) is 5.96. The molecule has 4 aromatic heterocycles. The van der Waals surface area contributed by atoms with Crippen LogP contribution >= 0.6 is 11.6 Å². The third kappa shape index (κ3) is 5.58. The molecule has 0 atom stereocenters. The summed E-state index contributed by atoms with van der Waals surface area (Å²) in [4.78, 5) is 43.5. The van der Waals surface area contributed by atoms with Crippen LogP contribution in [0.5, 0.6) is 5.75 Å². The lowest BCUT2D eigenvalue weighted by Crippen LogP contribution is -2.26. The van der Waals surface area contributed by atoms with Crippen molar-refractivity contribution >= 4 is 33.9 Å². The van der Waals surface area contributed by atoms with Crippen LogP contribution in [0.4, 0.5) is 0 Å². The van der Waals surface area contributed by atoms with Gasteiger partial charge in [-0.05, 0) is 99.8 Å². The first-order chi connectivity index (χ1) is 21.3. The fourth-order valence-corrected chi connectivity index (χ4v) is 5.46. The minimum absolute atomic E-state index is 0.000689. The summed E-state index contributed by atoms with van der Waals surface area (Å²) in [5.74, 6) is 0.758. The van der Waals surface area contributed by atoms with Crippen molar-refractivity contribution in [2.24, 2.45) is 0 Å². The van der Waals surface area contributed by atoms with Gasteiger partial charge in [-0.15, -0.1) is 0 Å². The van der Waals surface area contributed by atoms with Crippen molar-refractivity contribution in [1.82, 2.24) is 29.1 Å². The zero-order valence-electron chi connectivity index (χ0n) is 24.9. The molecule has 1 aliphatic carbocycles. The Hall–Kier alpha value is -4.89. The highest BCUT2D eigenvalue weighted by atomic mass is 35.5. The van der Waals surface area contributed by atoms with Gasteiger partial charge in [-0.3, -0.25) is 18.7 Å². The Balaban J connectivity index is 0.000000156. The van der Waals surface area contributed by atoms with E-state index in [-0.39, 0.29) is 23.2 Å². The molecule has 6 aromatic rings. The standard InChI is InChI=1S/C17H16ClN3O.C17H15N3O2/c1-10(2)21-16-14(5-4-8-19-16)20-15(17(21)22)13-7-6-12(18)9-11(13)3;1-22-13-8-4-11(5-9-13)15-17(21)20(12-6-7-12)16-14(19-15)3-2-10-18-16/h4-10H,1-3H3;2-5,8-10,12H,6-7H2,1H3. The molecule has 0 spiro atoms. The molecule has 0 amide bonds. The highest BCUT2D eigenvalue weighted by Gasteiger charge is 2.28. The van der Waals surface area contributed by atoms with Crippen molar-refractivity contribution in [2.45, 2.75) is 45.7 Å². The molecule has 0 aliphatic heterocycles. The SMILES string of the molecule is COc1ccc(-c2nc3cccnc3n(C3CC3)c2=O)cc1.Cc1cc(Cl)ccc1-c1nc2cccnc2n(C(C)C)c1=O. The molecule has 44 heavy (non-hydrogen) atoms. The lowest BCUT2D eigenvalue weighted by molar-refractivity contribution is 0.415. The number of rotatable bonds is 5. The Morgan fingerprint density at radius 1 is 0.841 bits per heavy atom. The second-order valence-electron chi connectivity index (χ2n) is 11.0.